The van der Waals surface area contributed by atoms with Crippen molar-refractivity contribution in [2.24, 2.45) is 0 Å². The fourth-order valence-electron chi connectivity index (χ4n) is 2.94. The first-order chi connectivity index (χ1) is 13.6. The molecule has 0 saturated carbocycles. The van der Waals surface area contributed by atoms with Crippen LogP contribution in [0.25, 0.3) is 11.0 Å². The third kappa shape index (κ3) is 4.71. The number of carbonyl (C=O) groups excluding carboxylic acids is 1. The standard InChI is InChI=1S/C19H15F4N3O3/c20-13-5-3-4-12(8-13)9-25(11-17(28)29)16(27)10-26-15-7-2-1-6-14(15)24-18(26)19(21,22)23/h1-8H,9-11H2,(H,28,29). The average Bonchev–Trinajstić information content (AvgIpc) is 3.00. The lowest BCUT2D eigenvalue weighted by molar-refractivity contribution is -0.150. The number of aromatic nitrogens is 2. The van der Waals surface area contributed by atoms with Gasteiger partial charge in [0.05, 0.1) is 11.0 Å². The molecule has 1 amide bonds. The second-order valence-corrected chi connectivity index (χ2v) is 6.28. The quantitative estimate of drug-likeness (QED) is 0.634. The van der Waals surface area contributed by atoms with Crippen LogP contribution in [0.15, 0.2) is 48.5 Å². The van der Waals surface area contributed by atoms with Crippen molar-refractivity contribution in [3.05, 3.63) is 65.7 Å². The van der Waals surface area contributed by atoms with Gasteiger partial charge in [0.25, 0.3) is 0 Å². The number of alkyl halides is 3. The first-order valence-corrected chi connectivity index (χ1v) is 8.41. The van der Waals surface area contributed by atoms with Crippen LogP contribution in [0.2, 0.25) is 0 Å². The first kappa shape index (κ1) is 20.3. The second kappa shape index (κ2) is 7.90. The number of amides is 1. The molecule has 29 heavy (non-hydrogen) atoms. The summed E-state index contributed by atoms with van der Waals surface area (Å²) in [6.07, 6.45) is -4.81. The largest absolute Gasteiger partial charge is 0.480 e. The predicted molar refractivity (Wildman–Crippen MR) is 94.2 cm³/mol. The lowest BCUT2D eigenvalue weighted by Crippen LogP contribution is -2.38. The van der Waals surface area contributed by atoms with E-state index >= 15 is 0 Å². The maximum absolute atomic E-state index is 13.4. The van der Waals surface area contributed by atoms with E-state index in [4.69, 9.17) is 5.11 Å². The Morgan fingerprint density at radius 1 is 1.10 bits per heavy atom. The smallest absolute Gasteiger partial charge is 0.449 e. The summed E-state index contributed by atoms with van der Waals surface area (Å²) in [6, 6.07) is 11.0. The number of imidazole rings is 1. The number of hydrogen-bond acceptors (Lipinski definition) is 3. The molecule has 0 atom stereocenters. The van der Waals surface area contributed by atoms with Crippen LogP contribution >= 0.6 is 0 Å². The fourth-order valence-corrected chi connectivity index (χ4v) is 2.94. The van der Waals surface area contributed by atoms with Crippen LogP contribution in [-0.4, -0.2) is 38.0 Å². The predicted octanol–water partition coefficient (Wildman–Crippen LogP) is 3.31. The number of halogens is 4. The molecule has 10 heteroatoms. The van der Waals surface area contributed by atoms with Gasteiger partial charge in [-0.25, -0.2) is 9.37 Å². The van der Waals surface area contributed by atoms with Gasteiger partial charge in [0.15, 0.2) is 0 Å². The number of nitrogens with zero attached hydrogens (tertiary/aromatic N) is 3. The topological polar surface area (TPSA) is 75.4 Å². The summed E-state index contributed by atoms with van der Waals surface area (Å²) >= 11 is 0. The molecule has 0 aliphatic heterocycles. The number of benzene rings is 2. The summed E-state index contributed by atoms with van der Waals surface area (Å²) < 4.78 is 54.3. The third-order valence-electron chi connectivity index (χ3n) is 4.14. The molecule has 0 unspecified atom stereocenters. The number of hydrogen-bond donors (Lipinski definition) is 1. The Morgan fingerprint density at radius 2 is 1.83 bits per heavy atom. The van der Waals surface area contributed by atoms with Crippen molar-refractivity contribution in [2.45, 2.75) is 19.3 Å². The zero-order valence-electron chi connectivity index (χ0n) is 14.9. The molecule has 6 nitrogen and oxygen atoms in total. The van der Waals surface area contributed by atoms with Crippen LogP contribution in [0.5, 0.6) is 0 Å². The van der Waals surface area contributed by atoms with E-state index in [0.717, 1.165) is 11.0 Å². The summed E-state index contributed by atoms with van der Waals surface area (Å²) in [5.41, 5.74) is 0.461. The van der Waals surface area contributed by atoms with Crippen LogP contribution < -0.4 is 0 Å². The lowest BCUT2D eigenvalue weighted by Gasteiger charge is -2.22. The fraction of sp³-hybridized carbons (Fsp3) is 0.211. The maximum atomic E-state index is 13.4. The highest BCUT2D eigenvalue weighted by molar-refractivity contribution is 5.83. The number of aliphatic carboxylic acids is 1. The highest BCUT2D eigenvalue weighted by Crippen LogP contribution is 2.31. The monoisotopic (exact) mass is 409 g/mol. The highest BCUT2D eigenvalue weighted by Gasteiger charge is 2.38. The van der Waals surface area contributed by atoms with E-state index in [0.29, 0.717) is 10.1 Å². The number of rotatable bonds is 6. The Hall–Kier alpha value is -3.43. The molecule has 0 aliphatic carbocycles. The summed E-state index contributed by atoms with van der Waals surface area (Å²) in [7, 11) is 0. The Morgan fingerprint density at radius 3 is 2.48 bits per heavy atom. The van der Waals surface area contributed by atoms with Gasteiger partial charge in [-0.05, 0) is 29.8 Å². The molecular weight excluding hydrogens is 394 g/mol. The molecule has 1 N–H and O–H groups in total. The minimum absolute atomic E-state index is 0.0579. The van der Waals surface area contributed by atoms with Crippen LogP contribution in [0.3, 0.4) is 0 Å². The van der Waals surface area contributed by atoms with E-state index in [1.807, 2.05) is 0 Å². The van der Waals surface area contributed by atoms with E-state index in [-0.39, 0.29) is 17.6 Å². The minimum Gasteiger partial charge on any atom is -0.480 e. The van der Waals surface area contributed by atoms with E-state index in [9.17, 15) is 27.2 Å². The Bertz CT molecular complexity index is 1060. The highest BCUT2D eigenvalue weighted by atomic mass is 19.4. The molecule has 2 aromatic carbocycles. The molecule has 0 spiro atoms. The Balaban J connectivity index is 1.94. The van der Waals surface area contributed by atoms with Gasteiger partial charge in [-0.2, -0.15) is 13.2 Å². The molecule has 1 heterocycles. The zero-order valence-corrected chi connectivity index (χ0v) is 14.9. The number of fused-ring (bicyclic) bond motifs is 1. The van der Waals surface area contributed by atoms with Crippen molar-refractivity contribution in [1.82, 2.24) is 14.5 Å². The van der Waals surface area contributed by atoms with E-state index in [2.05, 4.69) is 4.98 Å². The van der Waals surface area contributed by atoms with Crippen LogP contribution in [0.4, 0.5) is 17.6 Å². The van der Waals surface area contributed by atoms with Gasteiger partial charge in [0.1, 0.15) is 18.9 Å². The van der Waals surface area contributed by atoms with Crippen LogP contribution in [0.1, 0.15) is 11.4 Å². The lowest BCUT2D eigenvalue weighted by atomic mass is 10.2. The molecule has 0 bridgehead atoms. The average molecular weight is 409 g/mol. The molecule has 0 radical (unpaired) electrons. The van der Waals surface area contributed by atoms with E-state index in [1.165, 1.54) is 42.5 Å². The Kier molecular flexibility index (Phi) is 5.53. The van der Waals surface area contributed by atoms with E-state index in [1.54, 1.807) is 0 Å². The van der Waals surface area contributed by atoms with Crippen LogP contribution in [0, 0.1) is 5.82 Å². The SMILES string of the molecule is O=C(O)CN(Cc1cccc(F)c1)C(=O)Cn1c(C(F)(F)F)nc2ccccc21. The summed E-state index contributed by atoms with van der Waals surface area (Å²) in [4.78, 5) is 28.3. The number of para-hydroxylation sites is 2. The van der Waals surface area contributed by atoms with Crippen molar-refractivity contribution in [3.63, 3.8) is 0 Å². The van der Waals surface area contributed by atoms with Gasteiger partial charge in [0.2, 0.25) is 11.7 Å². The van der Waals surface area contributed by atoms with Gasteiger partial charge >= 0.3 is 12.1 Å². The van der Waals surface area contributed by atoms with Crippen molar-refractivity contribution in [1.29, 1.82) is 0 Å². The molecule has 0 fully saturated rings. The number of carbonyl (C=O) groups is 2. The van der Waals surface area contributed by atoms with E-state index < -0.39 is 42.8 Å². The maximum Gasteiger partial charge on any atom is 0.449 e. The molecule has 0 aliphatic rings. The number of carboxylic acid groups (broad SMARTS) is 1. The van der Waals surface area contributed by atoms with Gasteiger partial charge in [-0.1, -0.05) is 24.3 Å². The summed E-state index contributed by atoms with van der Waals surface area (Å²) in [5, 5.41) is 9.08. The molecule has 152 valence electrons. The zero-order chi connectivity index (χ0) is 21.2. The van der Waals surface area contributed by atoms with Gasteiger partial charge in [-0.3, -0.25) is 9.59 Å². The molecule has 1 aromatic heterocycles. The van der Waals surface area contributed by atoms with Crippen molar-refractivity contribution < 1.29 is 32.3 Å². The van der Waals surface area contributed by atoms with Crippen LogP contribution in [-0.2, 0) is 28.9 Å². The van der Waals surface area contributed by atoms with Crippen molar-refractivity contribution in [2.75, 3.05) is 6.54 Å². The molecule has 3 rings (SSSR count). The van der Waals surface area contributed by atoms with Crippen molar-refractivity contribution >= 4 is 22.9 Å². The molecule has 3 aromatic rings. The van der Waals surface area contributed by atoms with Crippen molar-refractivity contribution in [3.8, 4) is 0 Å². The molecular formula is C19H15F4N3O3. The first-order valence-electron chi connectivity index (χ1n) is 8.41. The summed E-state index contributed by atoms with van der Waals surface area (Å²) in [5.74, 6) is -4.05. The third-order valence-corrected chi connectivity index (χ3v) is 4.14. The normalized spacial score (nSPS) is 11.6. The molecule has 0 saturated heterocycles. The van der Waals surface area contributed by atoms with Gasteiger partial charge in [0, 0.05) is 6.54 Å². The van der Waals surface area contributed by atoms with Gasteiger partial charge in [-0.15, -0.1) is 0 Å². The minimum atomic E-state index is -4.81. The summed E-state index contributed by atoms with van der Waals surface area (Å²) in [6.45, 7) is -1.78. The second-order valence-electron chi connectivity index (χ2n) is 6.28. The Labute approximate surface area is 162 Å². The van der Waals surface area contributed by atoms with Gasteiger partial charge < -0.3 is 14.6 Å². The number of carboxylic acids is 1.